The van der Waals surface area contributed by atoms with E-state index in [0.717, 1.165) is 11.4 Å². The molecule has 0 aliphatic heterocycles. The summed E-state index contributed by atoms with van der Waals surface area (Å²) in [4.78, 5) is 2.28. The Morgan fingerprint density at radius 2 is 0.674 bits per heavy atom. The van der Waals surface area contributed by atoms with E-state index in [4.69, 9.17) is 0 Å². The monoisotopic (exact) mass is 674 g/mol. The van der Waals surface area contributed by atoms with Crippen molar-refractivity contribution in [1.29, 1.82) is 0 Å². The highest BCUT2D eigenvalue weighted by atomic mass is 127. The second-order valence-electron chi connectivity index (χ2n) is 10.5. The minimum absolute atomic E-state index is 1.13. The predicted octanol–water partition coefficient (Wildman–Crippen LogP) is 12.1. The highest BCUT2D eigenvalue weighted by Crippen LogP contribution is 2.34. The molecule has 0 aromatic heterocycles. The zero-order valence-electron chi connectivity index (χ0n) is 25.3. The summed E-state index contributed by atoms with van der Waals surface area (Å²) in [7, 11) is 0. The molecular weight excluding hydrogens is 635 g/mol. The van der Waals surface area contributed by atoms with Crippen molar-refractivity contribution in [1.82, 2.24) is 0 Å². The highest BCUT2D eigenvalue weighted by molar-refractivity contribution is 14.1. The molecule has 0 fully saturated rings. The van der Waals surface area contributed by atoms with E-state index >= 15 is 0 Å². The number of hydrogen-bond acceptors (Lipinski definition) is 2. The van der Waals surface area contributed by atoms with E-state index < -0.39 is 0 Å². The topological polar surface area (TPSA) is 15.3 Å². The van der Waals surface area contributed by atoms with Gasteiger partial charge in [-0.2, -0.15) is 0 Å². The van der Waals surface area contributed by atoms with Gasteiger partial charge >= 0.3 is 0 Å². The molecule has 0 unspecified atom stereocenters. The molecule has 0 aliphatic carbocycles. The SMILES string of the molecule is Cc1ccc(N(c2ccccc2)c2ccc(C)cc2)cc1.Cc1ccc(Nc2ccc(C)cc2)cc1.Ic1ccccc1. The molecule has 0 saturated heterocycles. The van der Waals surface area contributed by atoms with E-state index in [-0.39, 0.29) is 0 Å². The quantitative estimate of drug-likeness (QED) is 0.183. The van der Waals surface area contributed by atoms with Crippen molar-refractivity contribution in [3.05, 3.63) is 184 Å². The van der Waals surface area contributed by atoms with Gasteiger partial charge in [-0.3, -0.25) is 0 Å². The lowest BCUT2D eigenvalue weighted by molar-refractivity contribution is 1.27. The van der Waals surface area contributed by atoms with E-state index in [2.05, 4.69) is 194 Å². The molecule has 1 N–H and O–H groups in total. The van der Waals surface area contributed by atoms with Gasteiger partial charge in [0.15, 0.2) is 0 Å². The molecule has 6 aromatic carbocycles. The van der Waals surface area contributed by atoms with Crippen LogP contribution in [0.1, 0.15) is 22.3 Å². The Hall–Kier alpha value is -4.35. The molecule has 216 valence electrons. The first-order chi connectivity index (χ1) is 20.9. The average Bonchev–Trinajstić information content (AvgIpc) is 3.03. The Balaban J connectivity index is 0.000000167. The van der Waals surface area contributed by atoms with Gasteiger partial charge in [-0.25, -0.2) is 0 Å². The number of aryl methyl sites for hydroxylation is 4. The molecule has 0 atom stereocenters. The molecule has 2 nitrogen and oxygen atoms in total. The van der Waals surface area contributed by atoms with Gasteiger partial charge in [0, 0.05) is 32.0 Å². The van der Waals surface area contributed by atoms with Crippen molar-refractivity contribution < 1.29 is 0 Å². The fourth-order valence-electron chi connectivity index (χ4n) is 4.27. The number of hydrogen-bond donors (Lipinski definition) is 1. The van der Waals surface area contributed by atoms with Crippen LogP contribution in [0.2, 0.25) is 0 Å². The molecule has 0 heterocycles. The summed E-state index contributed by atoms with van der Waals surface area (Å²) in [5, 5.41) is 3.36. The van der Waals surface area contributed by atoms with Crippen LogP contribution in [0.4, 0.5) is 28.4 Å². The van der Waals surface area contributed by atoms with Crippen molar-refractivity contribution in [2.45, 2.75) is 27.7 Å². The van der Waals surface area contributed by atoms with Crippen LogP contribution in [0, 0.1) is 31.3 Å². The second kappa shape index (κ2) is 16.3. The molecule has 0 radical (unpaired) electrons. The van der Waals surface area contributed by atoms with Gasteiger partial charge in [-0.1, -0.05) is 107 Å². The number of nitrogens with zero attached hydrogens (tertiary/aromatic N) is 1. The lowest BCUT2D eigenvalue weighted by atomic mass is 10.1. The number of halogens is 1. The number of para-hydroxylation sites is 1. The van der Waals surface area contributed by atoms with Crippen LogP contribution in [0.5, 0.6) is 0 Å². The van der Waals surface area contributed by atoms with E-state index in [1.165, 1.54) is 42.9 Å². The van der Waals surface area contributed by atoms with Gasteiger partial charge in [0.05, 0.1) is 0 Å². The first-order valence-electron chi connectivity index (χ1n) is 14.5. The van der Waals surface area contributed by atoms with Crippen LogP contribution < -0.4 is 10.2 Å². The van der Waals surface area contributed by atoms with Gasteiger partial charge in [0.2, 0.25) is 0 Å². The van der Waals surface area contributed by atoms with Gasteiger partial charge in [0.25, 0.3) is 0 Å². The maximum atomic E-state index is 3.36. The molecular formula is C40H39IN2. The molecule has 43 heavy (non-hydrogen) atoms. The molecule has 3 heteroatoms. The molecule has 0 spiro atoms. The second-order valence-corrected chi connectivity index (χ2v) is 11.7. The Labute approximate surface area is 271 Å². The minimum Gasteiger partial charge on any atom is -0.356 e. The third-order valence-electron chi connectivity index (χ3n) is 6.72. The molecule has 0 saturated carbocycles. The third-order valence-corrected chi connectivity index (χ3v) is 7.44. The Morgan fingerprint density at radius 3 is 1.00 bits per heavy atom. The van der Waals surface area contributed by atoms with Gasteiger partial charge in [-0.15, -0.1) is 0 Å². The summed E-state index contributed by atoms with van der Waals surface area (Å²) >= 11 is 2.28. The van der Waals surface area contributed by atoms with Crippen LogP contribution in [0.25, 0.3) is 0 Å². The fourth-order valence-corrected chi connectivity index (χ4v) is 4.68. The van der Waals surface area contributed by atoms with Crippen molar-refractivity contribution >= 4 is 51.0 Å². The van der Waals surface area contributed by atoms with Crippen molar-refractivity contribution in [2.24, 2.45) is 0 Å². The predicted molar refractivity (Wildman–Crippen MR) is 195 cm³/mol. The highest BCUT2D eigenvalue weighted by Gasteiger charge is 2.11. The van der Waals surface area contributed by atoms with Gasteiger partial charge < -0.3 is 10.2 Å². The average molecular weight is 675 g/mol. The number of nitrogens with one attached hydrogen (secondary N) is 1. The van der Waals surface area contributed by atoms with Gasteiger partial charge in [-0.05, 0) is 123 Å². The summed E-state index contributed by atoms with van der Waals surface area (Å²) in [6.07, 6.45) is 0. The van der Waals surface area contributed by atoms with Crippen LogP contribution in [-0.2, 0) is 0 Å². The van der Waals surface area contributed by atoms with Crippen molar-refractivity contribution in [3.63, 3.8) is 0 Å². The molecule has 6 aromatic rings. The maximum Gasteiger partial charge on any atom is 0.0461 e. The number of anilines is 5. The first-order valence-corrected chi connectivity index (χ1v) is 15.5. The van der Waals surface area contributed by atoms with E-state index in [1.807, 2.05) is 24.3 Å². The Morgan fingerprint density at radius 1 is 0.372 bits per heavy atom. The van der Waals surface area contributed by atoms with Crippen LogP contribution >= 0.6 is 22.6 Å². The maximum absolute atomic E-state index is 3.36. The standard InChI is InChI=1S/C20H19N.C14H15N.C6H5I/c1-16-8-12-19(13-9-16)21(18-6-4-3-5-7-18)20-14-10-17(2)11-15-20;1-11-3-7-13(8-4-11)15-14-9-5-12(2)6-10-14;7-6-4-2-1-3-5-6/h3-15H,1-2H3;3-10,15H,1-2H3;1-5H. The van der Waals surface area contributed by atoms with Crippen LogP contribution in [-0.4, -0.2) is 0 Å². The largest absolute Gasteiger partial charge is 0.356 e. The molecule has 0 amide bonds. The minimum atomic E-state index is 1.13. The Kier molecular flexibility index (Phi) is 12.0. The fraction of sp³-hybridized carbons (Fsp3) is 0.100. The normalized spacial score (nSPS) is 9.98. The molecule has 0 bridgehead atoms. The molecule has 6 rings (SSSR count). The van der Waals surface area contributed by atoms with Crippen LogP contribution in [0.3, 0.4) is 0 Å². The van der Waals surface area contributed by atoms with Crippen molar-refractivity contribution in [3.8, 4) is 0 Å². The van der Waals surface area contributed by atoms with E-state index in [0.29, 0.717) is 0 Å². The zero-order valence-corrected chi connectivity index (χ0v) is 27.5. The lowest BCUT2D eigenvalue weighted by Crippen LogP contribution is -2.09. The van der Waals surface area contributed by atoms with Crippen LogP contribution in [0.15, 0.2) is 158 Å². The lowest BCUT2D eigenvalue weighted by Gasteiger charge is -2.25. The summed E-state index contributed by atoms with van der Waals surface area (Å²) in [5.41, 5.74) is 10.9. The summed E-state index contributed by atoms with van der Waals surface area (Å²) in [6, 6.07) is 54.8. The summed E-state index contributed by atoms with van der Waals surface area (Å²) in [5.74, 6) is 0. The molecule has 0 aliphatic rings. The van der Waals surface area contributed by atoms with Crippen molar-refractivity contribution in [2.75, 3.05) is 10.2 Å². The zero-order chi connectivity index (χ0) is 30.4. The first kappa shape index (κ1) is 31.6. The Bertz CT molecular complexity index is 1540. The summed E-state index contributed by atoms with van der Waals surface area (Å²) < 4.78 is 1.29. The third kappa shape index (κ3) is 10.5. The number of benzene rings is 6. The number of rotatable bonds is 5. The van der Waals surface area contributed by atoms with E-state index in [1.54, 1.807) is 0 Å². The van der Waals surface area contributed by atoms with Gasteiger partial charge in [0.1, 0.15) is 0 Å². The van der Waals surface area contributed by atoms with E-state index in [9.17, 15) is 0 Å². The smallest absolute Gasteiger partial charge is 0.0461 e. The summed E-state index contributed by atoms with van der Waals surface area (Å²) in [6.45, 7) is 8.41.